The molecule has 1 aromatic heterocycles. The fraction of sp³-hybridized carbons (Fsp3) is 0.455. The second-order valence-corrected chi connectivity index (χ2v) is 9.86. The van der Waals surface area contributed by atoms with Crippen LogP contribution in [-0.2, 0) is 14.8 Å². The number of carbonyl (C=O) groups is 1. The van der Waals surface area contributed by atoms with Crippen LogP contribution in [0.3, 0.4) is 0 Å². The minimum atomic E-state index is -3.73. The number of pyridine rings is 1. The molecule has 0 bridgehead atoms. The Hall–Kier alpha value is -2.56. The van der Waals surface area contributed by atoms with E-state index in [1.54, 1.807) is 12.1 Å². The zero-order valence-electron chi connectivity index (χ0n) is 17.8. The Morgan fingerprint density at radius 3 is 2.41 bits per heavy atom. The van der Waals surface area contributed by atoms with Gasteiger partial charge in [-0.15, -0.1) is 0 Å². The highest BCUT2D eigenvalue weighted by Gasteiger charge is 2.28. The minimum absolute atomic E-state index is 0.106. The van der Waals surface area contributed by atoms with Crippen LogP contribution in [0.1, 0.15) is 36.0 Å². The normalized spacial score (nSPS) is 18.2. The third kappa shape index (κ3) is 5.08. The molecule has 2 aliphatic heterocycles. The molecule has 0 unspecified atom stereocenters. The van der Waals surface area contributed by atoms with Gasteiger partial charge < -0.3 is 15.0 Å². The zero-order chi connectivity index (χ0) is 22.6. The number of carbonyl (C=O) groups excluding carboxylic acids is 1. The van der Waals surface area contributed by atoms with Crippen LogP contribution in [-0.4, -0.2) is 63.0 Å². The molecule has 8 nitrogen and oxygen atoms in total. The van der Waals surface area contributed by atoms with E-state index in [1.165, 1.54) is 22.6 Å². The molecule has 10 heteroatoms. The summed E-state index contributed by atoms with van der Waals surface area (Å²) in [5.74, 6) is -1.28. The van der Waals surface area contributed by atoms with Crippen molar-refractivity contribution >= 4 is 27.3 Å². The van der Waals surface area contributed by atoms with E-state index in [4.69, 9.17) is 4.74 Å². The summed E-state index contributed by atoms with van der Waals surface area (Å²) in [6.07, 6.45) is 5.54. The van der Waals surface area contributed by atoms with Crippen molar-refractivity contribution in [1.82, 2.24) is 9.29 Å². The maximum Gasteiger partial charge on any atom is 0.255 e. The van der Waals surface area contributed by atoms with Gasteiger partial charge in [-0.2, -0.15) is 8.70 Å². The smallest absolute Gasteiger partial charge is 0.255 e. The van der Waals surface area contributed by atoms with Gasteiger partial charge in [0.05, 0.1) is 29.5 Å². The third-order valence-electron chi connectivity index (χ3n) is 5.76. The number of nitrogens with one attached hydrogen (secondary N) is 1. The van der Waals surface area contributed by atoms with Gasteiger partial charge in [0.1, 0.15) is 0 Å². The summed E-state index contributed by atoms with van der Waals surface area (Å²) in [6, 6.07) is 7.31. The maximum atomic E-state index is 13.5. The molecule has 1 N–H and O–H groups in total. The predicted octanol–water partition coefficient (Wildman–Crippen LogP) is 2.87. The number of hydrogen-bond acceptors (Lipinski definition) is 6. The lowest BCUT2D eigenvalue weighted by Crippen LogP contribution is -2.40. The second-order valence-electron chi connectivity index (χ2n) is 7.92. The van der Waals surface area contributed by atoms with Gasteiger partial charge in [0.2, 0.25) is 16.0 Å². The molecule has 0 spiro atoms. The molecule has 3 heterocycles. The topological polar surface area (TPSA) is 91.8 Å². The van der Waals surface area contributed by atoms with Crippen LogP contribution < -0.4 is 10.2 Å². The minimum Gasteiger partial charge on any atom is -0.379 e. The van der Waals surface area contributed by atoms with Gasteiger partial charge in [0.25, 0.3) is 5.91 Å². The Balaban J connectivity index is 1.69. The Kier molecular flexibility index (Phi) is 7.02. The number of aromatic nitrogens is 1. The fourth-order valence-corrected chi connectivity index (χ4v) is 5.47. The monoisotopic (exact) mass is 462 g/mol. The quantitative estimate of drug-likeness (QED) is 0.687. The number of rotatable bonds is 5. The van der Waals surface area contributed by atoms with Crippen molar-refractivity contribution in [2.45, 2.75) is 30.6 Å². The van der Waals surface area contributed by atoms with Crippen LogP contribution in [0.2, 0.25) is 0 Å². The average molecular weight is 463 g/mol. The van der Waals surface area contributed by atoms with Crippen molar-refractivity contribution in [2.75, 3.05) is 49.6 Å². The Bertz CT molecular complexity index is 1070. The summed E-state index contributed by atoms with van der Waals surface area (Å²) in [4.78, 5) is 18.6. The number of halogens is 1. The van der Waals surface area contributed by atoms with Crippen molar-refractivity contribution in [3.05, 3.63) is 48.0 Å². The predicted molar refractivity (Wildman–Crippen MR) is 119 cm³/mol. The molecule has 2 saturated heterocycles. The van der Waals surface area contributed by atoms with E-state index in [1.807, 2.05) is 0 Å². The summed E-state index contributed by atoms with van der Waals surface area (Å²) in [5.41, 5.74) is 1.26. The highest BCUT2D eigenvalue weighted by molar-refractivity contribution is 7.89. The van der Waals surface area contributed by atoms with Crippen molar-refractivity contribution in [2.24, 2.45) is 0 Å². The average Bonchev–Trinajstić information content (AvgIpc) is 3.09. The van der Waals surface area contributed by atoms with Gasteiger partial charge in [-0.25, -0.2) is 13.4 Å². The molecule has 2 aliphatic rings. The number of nitrogens with zero attached hydrogens (tertiary/aromatic N) is 3. The molecule has 172 valence electrons. The number of anilines is 2. The highest BCUT2D eigenvalue weighted by atomic mass is 32.2. The summed E-state index contributed by atoms with van der Waals surface area (Å²) in [5, 5.41) is 2.80. The largest absolute Gasteiger partial charge is 0.379 e. The van der Waals surface area contributed by atoms with Gasteiger partial charge in [0.15, 0.2) is 0 Å². The first-order valence-electron chi connectivity index (χ1n) is 10.8. The van der Waals surface area contributed by atoms with E-state index in [0.717, 1.165) is 50.5 Å². The SMILES string of the molecule is O=C(Nc1cc(S(=O)(=O)N2CCOCC2)ccc1N1CCCCCC1)c1ccnc(F)c1. The van der Waals surface area contributed by atoms with Crippen LogP contribution in [0.15, 0.2) is 41.4 Å². The lowest BCUT2D eigenvalue weighted by molar-refractivity contribution is 0.0730. The number of sulfonamides is 1. The second kappa shape index (κ2) is 9.93. The molecule has 0 radical (unpaired) electrons. The molecule has 0 atom stereocenters. The lowest BCUT2D eigenvalue weighted by atomic mass is 10.2. The number of benzene rings is 1. The first-order chi connectivity index (χ1) is 15.4. The lowest BCUT2D eigenvalue weighted by Gasteiger charge is -2.28. The van der Waals surface area contributed by atoms with E-state index in [2.05, 4.69) is 15.2 Å². The Labute approximate surface area is 187 Å². The van der Waals surface area contributed by atoms with Crippen molar-refractivity contribution in [3.63, 3.8) is 0 Å². The van der Waals surface area contributed by atoms with E-state index < -0.39 is 21.9 Å². The van der Waals surface area contributed by atoms with E-state index >= 15 is 0 Å². The molecule has 0 aliphatic carbocycles. The van der Waals surface area contributed by atoms with Crippen molar-refractivity contribution in [3.8, 4) is 0 Å². The number of ether oxygens (including phenoxy) is 1. The van der Waals surface area contributed by atoms with Crippen LogP contribution in [0.25, 0.3) is 0 Å². The first-order valence-corrected chi connectivity index (χ1v) is 12.3. The summed E-state index contributed by atoms with van der Waals surface area (Å²) in [6.45, 7) is 2.91. The highest BCUT2D eigenvalue weighted by Crippen LogP contribution is 2.32. The van der Waals surface area contributed by atoms with Crippen LogP contribution >= 0.6 is 0 Å². The molecule has 1 aromatic carbocycles. The molecule has 2 fully saturated rings. The maximum absolute atomic E-state index is 13.5. The molecule has 32 heavy (non-hydrogen) atoms. The van der Waals surface area contributed by atoms with Crippen molar-refractivity contribution < 1.29 is 22.3 Å². The zero-order valence-corrected chi connectivity index (χ0v) is 18.6. The van der Waals surface area contributed by atoms with Crippen LogP contribution in [0, 0.1) is 5.95 Å². The molecule has 0 saturated carbocycles. The van der Waals surface area contributed by atoms with Crippen LogP contribution in [0.4, 0.5) is 15.8 Å². The summed E-state index contributed by atoms with van der Waals surface area (Å²) >= 11 is 0. The van der Waals surface area contributed by atoms with Crippen LogP contribution in [0.5, 0.6) is 0 Å². The first kappa shape index (κ1) is 22.6. The van der Waals surface area contributed by atoms with E-state index in [-0.39, 0.29) is 23.5 Å². The standard InChI is InChI=1S/C22H27FN4O4S/c23-21-15-17(7-8-24-21)22(28)25-19-16-18(32(29,30)27-11-13-31-14-12-27)5-6-20(19)26-9-3-1-2-4-10-26/h5-8,15-16H,1-4,9-14H2,(H,25,28). The summed E-state index contributed by atoms with van der Waals surface area (Å²) < 4.78 is 46.5. The Morgan fingerprint density at radius 1 is 1.00 bits per heavy atom. The Morgan fingerprint density at radius 2 is 1.72 bits per heavy atom. The molecular formula is C22H27FN4O4S. The molecule has 2 aromatic rings. The fourth-order valence-electron chi connectivity index (χ4n) is 4.04. The van der Waals surface area contributed by atoms with Gasteiger partial charge >= 0.3 is 0 Å². The van der Waals surface area contributed by atoms with Gasteiger partial charge in [-0.1, -0.05) is 12.8 Å². The summed E-state index contributed by atoms with van der Waals surface area (Å²) in [7, 11) is -3.73. The number of amides is 1. The molecular weight excluding hydrogens is 435 g/mol. The van der Waals surface area contributed by atoms with E-state index in [0.29, 0.717) is 18.9 Å². The molecule has 1 amide bonds. The van der Waals surface area contributed by atoms with Crippen molar-refractivity contribution in [1.29, 1.82) is 0 Å². The molecule has 4 rings (SSSR count). The van der Waals surface area contributed by atoms with Gasteiger partial charge in [0, 0.05) is 44.0 Å². The van der Waals surface area contributed by atoms with E-state index in [9.17, 15) is 17.6 Å². The van der Waals surface area contributed by atoms with Gasteiger partial charge in [-0.05, 0) is 37.1 Å². The van der Waals surface area contributed by atoms with Gasteiger partial charge in [-0.3, -0.25) is 4.79 Å². The number of hydrogen-bond donors (Lipinski definition) is 1. The third-order valence-corrected chi connectivity index (χ3v) is 7.65. The number of morpholine rings is 1.